The standard InChI is InChI=1S/C19H20ClNO2/c20-17-10-4-2-7-15(17)12-21-19(22)13-23-18-11-5-8-14-6-1-3-9-16(14)18/h2,4-5,7-8,10-11H,1,3,6,9,12-13H2,(H,21,22). The number of fused-ring (bicyclic) bond motifs is 1. The molecule has 23 heavy (non-hydrogen) atoms. The summed E-state index contributed by atoms with van der Waals surface area (Å²) < 4.78 is 5.74. The second kappa shape index (κ2) is 7.51. The summed E-state index contributed by atoms with van der Waals surface area (Å²) in [4.78, 5) is 12.0. The molecule has 0 heterocycles. The Labute approximate surface area is 141 Å². The van der Waals surface area contributed by atoms with Crippen LogP contribution in [0.2, 0.25) is 5.02 Å². The van der Waals surface area contributed by atoms with E-state index in [1.54, 1.807) is 0 Å². The highest BCUT2D eigenvalue weighted by molar-refractivity contribution is 6.31. The molecule has 1 aliphatic rings. The maximum Gasteiger partial charge on any atom is 0.258 e. The highest BCUT2D eigenvalue weighted by Gasteiger charge is 2.14. The van der Waals surface area contributed by atoms with Crippen molar-refractivity contribution in [2.45, 2.75) is 32.2 Å². The number of hydrogen-bond acceptors (Lipinski definition) is 2. The number of benzene rings is 2. The minimum absolute atomic E-state index is 0.0287. The number of carbonyl (C=O) groups is 1. The van der Waals surface area contributed by atoms with Gasteiger partial charge in [0, 0.05) is 11.6 Å². The third kappa shape index (κ3) is 4.05. The Kier molecular flexibility index (Phi) is 5.19. The number of halogens is 1. The van der Waals surface area contributed by atoms with E-state index in [1.165, 1.54) is 24.0 Å². The molecule has 0 spiro atoms. The zero-order chi connectivity index (χ0) is 16.1. The van der Waals surface area contributed by atoms with Crippen LogP contribution in [0.25, 0.3) is 0 Å². The molecule has 3 rings (SSSR count). The molecule has 0 unspecified atom stereocenters. The molecule has 0 atom stereocenters. The van der Waals surface area contributed by atoms with Gasteiger partial charge in [-0.15, -0.1) is 0 Å². The zero-order valence-electron chi connectivity index (χ0n) is 13.0. The van der Waals surface area contributed by atoms with Gasteiger partial charge in [-0.3, -0.25) is 4.79 Å². The molecular formula is C19H20ClNO2. The second-order valence-electron chi connectivity index (χ2n) is 5.76. The van der Waals surface area contributed by atoms with Gasteiger partial charge in [-0.25, -0.2) is 0 Å². The van der Waals surface area contributed by atoms with Crippen molar-refractivity contribution in [3.05, 3.63) is 64.2 Å². The van der Waals surface area contributed by atoms with E-state index in [0.29, 0.717) is 11.6 Å². The Hall–Kier alpha value is -2.00. The van der Waals surface area contributed by atoms with Gasteiger partial charge in [0.1, 0.15) is 5.75 Å². The van der Waals surface area contributed by atoms with Crippen molar-refractivity contribution in [1.82, 2.24) is 5.32 Å². The average Bonchev–Trinajstić information content (AvgIpc) is 2.59. The van der Waals surface area contributed by atoms with Crippen LogP contribution in [0, 0.1) is 0 Å². The summed E-state index contributed by atoms with van der Waals surface area (Å²) in [6.45, 7) is 0.440. The Bertz CT molecular complexity index is 700. The highest BCUT2D eigenvalue weighted by atomic mass is 35.5. The first kappa shape index (κ1) is 15.9. The van der Waals surface area contributed by atoms with E-state index in [0.717, 1.165) is 24.2 Å². The Morgan fingerprint density at radius 3 is 2.78 bits per heavy atom. The van der Waals surface area contributed by atoms with Crippen LogP contribution in [0.15, 0.2) is 42.5 Å². The Morgan fingerprint density at radius 2 is 1.91 bits per heavy atom. The van der Waals surface area contributed by atoms with Gasteiger partial charge in [0.05, 0.1) is 0 Å². The van der Waals surface area contributed by atoms with Crippen LogP contribution in [-0.2, 0) is 24.2 Å². The van der Waals surface area contributed by atoms with Gasteiger partial charge in [-0.1, -0.05) is 41.9 Å². The molecule has 0 aliphatic heterocycles. The van der Waals surface area contributed by atoms with Crippen molar-refractivity contribution in [2.75, 3.05) is 6.61 Å². The molecule has 3 nitrogen and oxygen atoms in total. The molecule has 2 aromatic rings. The van der Waals surface area contributed by atoms with Crippen molar-refractivity contribution in [2.24, 2.45) is 0 Å². The van der Waals surface area contributed by atoms with Crippen molar-refractivity contribution in [3.8, 4) is 5.75 Å². The van der Waals surface area contributed by atoms with Crippen molar-refractivity contribution in [1.29, 1.82) is 0 Å². The molecule has 0 saturated carbocycles. The van der Waals surface area contributed by atoms with E-state index in [4.69, 9.17) is 16.3 Å². The molecule has 0 saturated heterocycles. The molecule has 0 bridgehead atoms. The van der Waals surface area contributed by atoms with Crippen molar-refractivity contribution < 1.29 is 9.53 Å². The van der Waals surface area contributed by atoms with Crippen molar-refractivity contribution >= 4 is 17.5 Å². The third-order valence-electron chi connectivity index (χ3n) is 4.15. The normalized spacial score (nSPS) is 13.3. The van der Waals surface area contributed by atoms with Crippen LogP contribution in [0.1, 0.15) is 29.5 Å². The molecule has 1 N–H and O–H groups in total. The predicted molar refractivity (Wildman–Crippen MR) is 91.9 cm³/mol. The van der Waals surface area contributed by atoms with Crippen LogP contribution in [-0.4, -0.2) is 12.5 Å². The summed E-state index contributed by atoms with van der Waals surface area (Å²) in [6.07, 6.45) is 4.55. The lowest BCUT2D eigenvalue weighted by Crippen LogP contribution is -2.28. The third-order valence-corrected chi connectivity index (χ3v) is 4.51. The number of hydrogen-bond donors (Lipinski definition) is 1. The van der Waals surface area contributed by atoms with Gasteiger partial charge in [0.2, 0.25) is 0 Å². The minimum Gasteiger partial charge on any atom is -0.483 e. The molecule has 2 aromatic carbocycles. The van der Waals surface area contributed by atoms with Crippen LogP contribution < -0.4 is 10.1 Å². The van der Waals surface area contributed by atoms with E-state index in [9.17, 15) is 4.79 Å². The number of rotatable bonds is 5. The van der Waals surface area contributed by atoms with Gasteiger partial charge < -0.3 is 10.1 Å². The van der Waals surface area contributed by atoms with Gasteiger partial charge in [0.25, 0.3) is 5.91 Å². The first-order chi connectivity index (χ1) is 11.2. The van der Waals surface area contributed by atoms with E-state index >= 15 is 0 Å². The second-order valence-corrected chi connectivity index (χ2v) is 6.16. The number of carbonyl (C=O) groups excluding carboxylic acids is 1. The summed E-state index contributed by atoms with van der Waals surface area (Å²) in [5, 5.41) is 3.50. The number of nitrogens with one attached hydrogen (secondary N) is 1. The van der Waals surface area contributed by atoms with E-state index in [1.807, 2.05) is 36.4 Å². The average molecular weight is 330 g/mol. The molecule has 0 fully saturated rings. The minimum atomic E-state index is -0.140. The summed E-state index contributed by atoms with van der Waals surface area (Å²) in [5.74, 6) is 0.702. The molecule has 120 valence electrons. The van der Waals surface area contributed by atoms with Crippen LogP contribution >= 0.6 is 11.6 Å². The lowest BCUT2D eigenvalue weighted by atomic mass is 9.91. The lowest BCUT2D eigenvalue weighted by molar-refractivity contribution is -0.123. The highest BCUT2D eigenvalue weighted by Crippen LogP contribution is 2.29. The maximum absolute atomic E-state index is 12.0. The molecule has 0 aromatic heterocycles. The van der Waals surface area contributed by atoms with Crippen LogP contribution in [0.5, 0.6) is 5.75 Å². The predicted octanol–water partition coefficient (Wildman–Crippen LogP) is 3.91. The Balaban J connectivity index is 1.54. The van der Waals surface area contributed by atoms with Gasteiger partial charge >= 0.3 is 0 Å². The smallest absolute Gasteiger partial charge is 0.258 e. The van der Waals surface area contributed by atoms with Crippen molar-refractivity contribution in [3.63, 3.8) is 0 Å². The van der Waals surface area contributed by atoms with Gasteiger partial charge in [-0.05, 0) is 54.5 Å². The van der Waals surface area contributed by atoms with Gasteiger partial charge in [0.15, 0.2) is 6.61 Å². The summed E-state index contributed by atoms with van der Waals surface area (Å²) in [7, 11) is 0. The fourth-order valence-electron chi connectivity index (χ4n) is 2.91. The quantitative estimate of drug-likeness (QED) is 0.903. The molecule has 4 heteroatoms. The molecular weight excluding hydrogens is 310 g/mol. The van der Waals surface area contributed by atoms with E-state index < -0.39 is 0 Å². The summed E-state index contributed by atoms with van der Waals surface area (Å²) >= 11 is 6.08. The molecule has 0 radical (unpaired) electrons. The van der Waals surface area contributed by atoms with Gasteiger partial charge in [-0.2, -0.15) is 0 Å². The topological polar surface area (TPSA) is 38.3 Å². The summed E-state index contributed by atoms with van der Waals surface area (Å²) in [5.41, 5.74) is 3.52. The number of ether oxygens (including phenoxy) is 1. The molecule has 1 aliphatic carbocycles. The van der Waals surface area contributed by atoms with E-state index in [-0.39, 0.29) is 12.5 Å². The van der Waals surface area contributed by atoms with Crippen LogP contribution in [0.4, 0.5) is 0 Å². The fraction of sp³-hybridized carbons (Fsp3) is 0.316. The SMILES string of the molecule is O=C(COc1cccc2c1CCCC2)NCc1ccccc1Cl. The lowest BCUT2D eigenvalue weighted by Gasteiger charge is -2.19. The monoisotopic (exact) mass is 329 g/mol. The Morgan fingerprint density at radius 1 is 1.09 bits per heavy atom. The van der Waals surface area contributed by atoms with Crippen LogP contribution in [0.3, 0.4) is 0 Å². The largest absolute Gasteiger partial charge is 0.483 e. The molecule has 1 amide bonds. The number of aryl methyl sites for hydroxylation is 1. The first-order valence-corrected chi connectivity index (χ1v) is 8.35. The maximum atomic E-state index is 12.0. The first-order valence-electron chi connectivity index (χ1n) is 7.98. The summed E-state index contributed by atoms with van der Waals surface area (Å²) in [6, 6.07) is 13.6. The van der Waals surface area contributed by atoms with E-state index in [2.05, 4.69) is 11.4 Å². The number of amides is 1. The fourth-order valence-corrected chi connectivity index (χ4v) is 3.11. The zero-order valence-corrected chi connectivity index (χ0v) is 13.7.